The van der Waals surface area contributed by atoms with E-state index in [4.69, 9.17) is 23.2 Å². The van der Waals surface area contributed by atoms with Crippen molar-refractivity contribution in [3.8, 4) is 0 Å². The second-order valence-corrected chi connectivity index (χ2v) is 13.2. The van der Waals surface area contributed by atoms with Crippen LogP contribution in [0.4, 0.5) is 11.4 Å². The normalized spacial score (nSPS) is 17.0. The molecule has 0 aliphatic carbocycles. The molecule has 6 N–H and O–H groups in total. The van der Waals surface area contributed by atoms with Crippen LogP contribution in [0.25, 0.3) is 0 Å². The number of aliphatic hydroxyl groups excluding tert-OH is 1. The summed E-state index contributed by atoms with van der Waals surface area (Å²) in [6.07, 6.45) is 1.10. The Labute approximate surface area is 253 Å². The first-order valence-electron chi connectivity index (χ1n) is 13.8. The van der Waals surface area contributed by atoms with Crippen molar-refractivity contribution in [2.75, 3.05) is 35.0 Å². The number of nitrogens with one attached hydrogen (secondary N) is 3. The van der Waals surface area contributed by atoms with Gasteiger partial charge < -0.3 is 21.1 Å². The standard InChI is InChI=1S/C30H38Cl2N4O4S/c1-2-34-26-15-23(16-27(18-26)36-10-6-7-11-41(36,39)40)30(38)35-28(14-21-8-4-3-5-9-21)29(37)20-33-19-22-12-24(31)17-25(32)13-22/h3-5,8-9,12-13,15-18,28-29,33-34,37,39-40H,2,6-7,10-11,14,19-20H2,1H3,(H,35,38)/t28-,29-/m0/s1. The smallest absolute Gasteiger partial charge is 0.251 e. The van der Waals surface area contributed by atoms with Crippen LogP contribution in [0.15, 0.2) is 66.7 Å². The minimum Gasteiger partial charge on any atom is -0.390 e. The predicted octanol–water partition coefficient (Wildman–Crippen LogP) is 6.18. The first kappa shape index (κ1) is 31.4. The SMILES string of the molecule is CCNc1cc(C(=O)N[C@@H](Cc2ccccc2)[C@@H](O)CNCc2cc(Cl)cc(Cl)c2)cc(N2CCCCS2(O)O)c1. The number of anilines is 2. The molecule has 1 amide bonds. The number of hydrogen-bond acceptors (Lipinski definition) is 7. The summed E-state index contributed by atoms with van der Waals surface area (Å²) < 4.78 is 23.0. The molecule has 11 heteroatoms. The molecule has 0 unspecified atom stereocenters. The highest BCUT2D eigenvalue weighted by atomic mass is 35.5. The van der Waals surface area contributed by atoms with E-state index in [0.29, 0.717) is 58.8 Å². The monoisotopic (exact) mass is 620 g/mol. The van der Waals surface area contributed by atoms with Gasteiger partial charge in [-0.05, 0) is 73.7 Å². The van der Waals surface area contributed by atoms with E-state index in [-0.39, 0.29) is 12.5 Å². The Morgan fingerprint density at radius 3 is 2.41 bits per heavy atom. The molecule has 1 aliphatic heterocycles. The van der Waals surface area contributed by atoms with E-state index in [1.54, 1.807) is 22.5 Å². The van der Waals surface area contributed by atoms with Crippen LogP contribution in [0.3, 0.4) is 0 Å². The highest BCUT2D eigenvalue weighted by molar-refractivity contribution is 8.25. The first-order valence-corrected chi connectivity index (χ1v) is 16.2. The molecule has 2 atom stereocenters. The van der Waals surface area contributed by atoms with Crippen LogP contribution in [-0.4, -0.2) is 57.7 Å². The molecule has 3 aromatic carbocycles. The summed E-state index contributed by atoms with van der Waals surface area (Å²) in [5.41, 5.74) is 3.51. The van der Waals surface area contributed by atoms with Crippen molar-refractivity contribution < 1.29 is 19.0 Å². The van der Waals surface area contributed by atoms with E-state index < -0.39 is 22.9 Å². The molecule has 0 aromatic heterocycles. The number of amides is 1. The van der Waals surface area contributed by atoms with Gasteiger partial charge in [-0.25, -0.2) is 0 Å². The van der Waals surface area contributed by atoms with Crippen LogP contribution in [0.5, 0.6) is 0 Å². The van der Waals surface area contributed by atoms with Crippen molar-refractivity contribution in [2.24, 2.45) is 0 Å². The zero-order valence-corrected chi connectivity index (χ0v) is 25.4. The highest BCUT2D eigenvalue weighted by Gasteiger charge is 2.28. The van der Waals surface area contributed by atoms with Gasteiger partial charge in [0.15, 0.2) is 0 Å². The third-order valence-corrected chi connectivity index (χ3v) is 9.29. The zero-order valence-electron chi connectivity index (χ0n) is 23.0. The Morgan fingerprint density at radius 1 is 1.00 bits per heavy atom. The molecule has 1 fully saturated rings. The van der Waals surface area contributed by atoms with Crippen LogP contribution in [-0.2, 0) is 13.0 Å². The summed E-state index contributed by atoms with van der Waals surface area (Å²) in [5.74, 6) is -0.0548. The summed E-state index contributed by atoms with van der Waals surface area (Å²) in [4.78, 5) is 13.6. The topological polar surface area (TPSA) is 117 Å². The third kappa shape index (κ3) is 8.99. The number of hydrogen-bond donors (Lipinski definition) is 6. The molecule has 1 heterocycles. The molecule has 8 nitrogen and oxygen atoms in total. The van der Waals surface area contributed by atoms with Gasteiger partial charge in [0.25, 0.3) is 5.91 Å². The van der Waals surface area contributed by atoms with E-state index in [9.17, 15) is 19.0 Å². The van der Waals surface area contributed by atoms with Gasteiger partial charge in [0.1, 0.15) is 0 Å². The van der Waals surface area contributed by atoms with Crippen LogP contribution in [0.1, 0.15) is 41.3 Å². The molecule has 4 rings (SSSR count). The predicted molar refractivity (Wildman–Crippen MR) is 170 cm³/mol. The fraction of sp³-hybridized carbons (Fsp3) is 0.367. The summed E-state index contributed by atoms with van der Waals surface area (Å²) >= 11 is 12.2. The summed E-state index contributed by atoms with van der Waals surface area (Å²) in [5, 5.41) is 21.8. The lowest BCUT2D eigenvalue weighted by molar-refractivity contribution is 0.0830. The van der Waals surface area contributed by atoms with Crippen molar-refractivity contribution in [3.63, 3.8) is 0 Å². The van der Waals surface area contributed by atoms with E-state index >= 15 is 0 Å². The number of carbonyl (C=O) groups excluding carboxylic acids is 1. The summed E-state index contributed by atoms with van der Waals surface area (Å²) in [7, 11) is -2.96. The van der Waals surface area contributed by atoms with Crippen molar-refractivity contribution in [1.82, 2.24) is 10.6 Å². The lowest BCUT2D eigenvalue weighted by Gasteiger charge is -2.47. The molecule has 3 aromatic rings. The molecule has 0 saturated carbocycles. The highest BCUT2D eigenvalue weighted by Crippen LogP contribution is 2.50. The van der Waals surface area contributed by atoms with E-state index in [0.717, 1.165) is 24.0 Å². The van der Waals surface area contributed by atoms with Crippen molar-refractivity contribution >= 4 is 51.3 Å². The lowest BCUT2D eigenvalue weighted by atomic mass is 10.00. The largest absolute Gasteiger partial charge is 0.390 e. The zero-order chi connectivity index (χ0) is 29.4. The Balaban J connectivity index is 1.53. The Morgan fingerprint density at radius 2 is 1.73 bits per heavy atom. The maximum Gasteiger partial charge on any atom is 0.251 e. The Kier molecular flexibility index (Phi) is 11.2. The van der Waals surface area contributed by atoms with Gasteiger partial charge in [0, 0.05) is 47.5 Å². The van der Waals surface area contributed by atoms with Crippen molar-refractivity contribution in [3.05, 3.63) is 93.5 Å². The molecular weight excluding hydrogens is 583 g/mol. The summed E-state index contributed by atoms with van der Waals surface area (Å²) in [6, 6.07) is 19.6. The van der Waals surface area contributed by atoms with Gasteiger partial charge >= 0.3 is 0 Å². The number of nitrogens with zero attached hydrogens (tertiary/aromatic N) is 1. The van der Waals surface area contributed by atoms with Crippen LogP contribution in [0, 0.1) is 0 Å². The van der Waals surface area contributed by atoms with Gasteiger partial charge in [-0.2, -0.15) is 0 Å². The number of carbonyl (C=O) groups is 1. The molecule has 1 aliphatic rings. The van der Waals surface area contributed by atoms with Gasteiger partial charge in [-0.3, -0.25) is 18.2 Å². The molecule has 0 radical (unpaired) electrons. The third-order valence-electron chi connectivity index (χ3n) is 6.92. The fourth-order valence-corrected chi connectivity index (χ4v) is 7.17. The second-order valence-electron chi connectivity index (χ2n) is 10.2. The van der Waals surface area contributed by atoms with E-state index in [1.807, 2.05) is 55.5 Å². The maximum absolute atomic E-state index is 13.6. The van der Waals surface area contributed by atoms with E-state index in [1.165, 1.54) is 0 Å². The molecule has 222 valence electrons. The van der Waals surface area contributed by atoms with Crippen LogP contribution in [0.2, 0.25) is 10.0 Å². The fourth-order valence-electron chi connectivity index (χ4n) is 4.92. The molecule has 0 spiro atoms. The van der Waals surface area contributed by atoms with Crippen LogP contribution < -0.4 is 20.3 Å². The average molecular weight is 622 g/mol. The number of benzene rings is 3. The maximum atomic E-state index is 13.6. The molecule has 1 saturated heterocycles. The average Bonchev–Trinajstić information content (AvgIpc) is 2.92. The van der Waals surface area contributed by atoms with Gasteiger partial charge in [-0.15, -0.1) is 10.8 Å². The Bertz CT molecular complexity index is 1290. The van der Waals surface area contributed by atoms with Gasteiger partial charge in [-0.1, -0.05) is 53.5 Å². The van der Waals surface area contributed by atoms with Crippen molar-refractivity contribution in [1.29, 1.82) is 0 Å². The van der Waals surface area contributed by atoms with Crippen LogP contribution >= 0.6 is 34.0 Å². The number of rotatable bonds is 12. The summed E-state index contributed by atoms with van der Waals surface area (Å²) in [6.45, 7) is 3.76. The Hall–Kier alpha value is -2.50. The second kappa shape index (κ2) is 14.6. The minimum atomic E-state index is -2.96. The number of halogens is 2. The minimum absolute atomic E-state index is 0.222. The molecular formula is C30H38Cl2N4O4S. The quantitative estimate of drug-likeness (QED) is 0.143. The molecule has 41 heavy (non-hydrogen) atoms. The first-order chi connectivity index (χ1) is 19.6. The lowest BCUT2D eigenvalue weighted by Crippen LogP contribution is -2.48. The van der Waals surface area contributed by atoms with Gasteiger partial charge in [0.05, 0.1) is 23.6 Å². The van der Waals surface area contributed by atoms with Crippen molar-refractivity contribution in [2.45, 2.75) is 44.9 Å². The van der Waals surface area contributed by atoms with E-state index in [2.05, 4.69) is 16.0 Å². The molecule has 0 bridgehead atoms. The number of aliphatic hydroxyl groups is 1. The van der Waals surface area contributed by atoms with Gasteiger partial charge in [0.2, 0.25) is 0 Å².